The number of carbonyl (C=O) groups is 2. The van der Waals surface area contributed by atoms with Crippen molar-refractivity contribution < 1.29 is 14.0 Å². The fourth-order valence-electron chi connectivity index (χ4n) is 3.52. The molecule has 1 aromatic heterocycles. The Morgan fingerprint density at radius 3 is 2.57 bits per heavy atom. The maximum atomic E-state index is 14.9. The highest BCUT2D eigenvalue weighted by Crippen LogP contribution is 2.47. The van der Waals surface area contributed by atoms with E-state index in [1.807, 2.05) is 0 Å². The van der Waals surface area contributed by atoms with Crippen LogP contribution in [0.1, 0.15) is 42.4 Å². The standard InChI is InChI=1S/C21H23ClFN5O2/c1-11-8-12(22)10-25-16(11)17(29)26-13-6-7-15(23)14(9-13)21(4)20(2,3)18(30)28(5)19(24)27-21/h6-10H,1-5H3,(H2,24,27)(H,26,29). The molecule has 7 nitrogen and oxygen atoms in total. The number of aromatic nitrogens is 1. The molecule has 2 amide bonds. The van der Waals surface area contributed by atoms with E-state index in [1.54, 1.807) is 33.8 Å². The maximum Gasteiger partial charge on any atom is 0.274 e. The van der Waals surface area contributed by atoms with Crippen LogP contribution in [-0.2, 0) is 10.3 Å². The average molecular weight is 432 g/mol. The first-order valence-corrected chi connectivity index (χ1v) is 9.63. The summed E-state index contributed by atoms with van der Waals surface area (Å²) in [6.45, 7) is 6.75. The first-order valence-electron chi connectivity index (χ1n) is 9.25. The van der Waals surface area contributed by atoms with E-state index >= 15 is 0 Å². The number of guanidine groups is 1. The van der Waals surface area contributed by atoms with Crippen molar-refractivity contribution >= 4 is 35.1 Å². The van der Waals surface area contributed by atoms with Crippen molar-refractivity contribution in [3.05, 3.63) is 58.1 Å². The number of nitrogens with zero attached hydrogens (tertiary/aromatic N) is 3. The van der Waals surface area contributed by atoms with Crippen molar-refractivity contribution in [2.24, 2.45) is 16.1 Å². The molecule has 1 unspecified atom stereocenters. The highest BCUT2D eigenvalue weighted by molar-refractivity contribution is 6.30. The molecule has 1 atom stereocenters. The van der Waals surface area contributed by atoms with Crippen molar-refractivity contribution in [2.75, 3.05) is 12.4 Å². The molecule has 0 radical (unpaired) electrons. The van der Waals surface area contributed by atoms with E-state index in [4.69, 9.17) is 17.3 Å². The van der Waals surface area contributed by atoms with Gasteiger partial charge in [-0.15, -0.1) is 0 Å². The second-order valence-corrected chi connectivity index (χ2v) is 8.44. The van der Waals surface area contributed by atoms with Crippen molar-refractivity contribution in [2.45, 2.75) is 33.2 Å². The highest BCUT2D eigenvalue weighted by atomic mass is 35.5. The lowest BCUT2D eigenvalue weighted by Crippen LogP contribution is -2.58. The van der Waals surface area contributed by atoms with Crippen molar-refractivity contribution in [3.8, 4) is 0 Å². The normalized spacial score (nSPS) is 20.7. The third-order valence-corrected chi connectivity index (χ3v) is 5.95. The lowest BCUT2D eigenvalue weighted by atomic mass is 9.67. The topological polar surface area (TPSA) is 101 Å². The first-order chi connectivity index (χ1) is 13.9. The summed E-state index contributed by atoms with van der Waals surface area (Å²) in [5.74, 6) is -1.31. The van der Waals surface area contributed by atoms with Gasteiger partial charge in [0.1, 0.15) is 17.1 Å². The predicted octanol–water partition coefficient (Wildman–Crippen LogP) is 3.46. The summed E-state index contributed by atoms with van der Waals surface area (Å²) in [6.07, 6.45) is 1.38. The molecular formula is C21H23ClFN5O2. The summed E-state index contributed by atoms with van der Waals surface area (Å²) >= 11 is 5.89. The Morgan fingerprint density at radius 1 is 1.27 bits per heavy atom. The Hall–Kier alpha value is -3.00. The molecule has 0 bridgehead atoms. The highest BCUT2D eigenvalue weighted by Gasteiger charge is 2.53. The largest absolute Gasteiger partial charge is 0.369 e. The van der Waals surface area contributed by atoms with E-state index in [2.05, 4.69) is 15.3 Å². The van der Waals surface area contributed by atoms with Gasteiger partial charge in [-0.2, -0.15) is 0 Å². The fraction of sp³-hybridized carbons (Fsp3) is 0.333. The minimum Gasteiger partial charge on any atom is -0.369 e. The number of nitrogens with one attached hydrogen (secondary N) is 1. The van der Waals surface area contributed by atoms with Gasteiger partial charge in [0.05, 0.1) is 10.4 Å². The molecule has 3 N–H and O–H groups in total. The fourth-order valence-corrected chi connectivity index (χ4v) is 3.73. The van der Waals surface area contributed by atoms with Gasteiger partial charge < -0.3 is 11.1 Å². The number of pyridine rings is 1. The Labute approximate surface area is 179 Å². The smallest absolute Gasteiger partial charge is 0.274 e. The van der Waals surface area contributed by atoms with Crippen molar-refractivity contribution in [1.29, 1.82) is 0 Å². The van der Waals surface area contributed by atoms with Crippen LogP contribution >= 0.6 is 11.6 Å². The zero-order valence-corrected chi connectivity index (χ0v) is 18.1. The number of rotatable bonds is 3. The first kappa shape index (κ1) is 21.7. The Morgan fingerprint density at radius 2 is 1.93 bits per heavy atom. The lowest BCUT2D eigenvalue weighted by molar-refractivity contribution is -0.140. The molecule has 158 valence electrons. The molecule has 30 heavy (non-hydrogen) atoms. The van der Waals surface area contributed by atoms with Crippen LogP contribution in [0, 0.1) is 18.2 Å². The number of nitrogens with two attached hydrogens (primary N) is 1. The third-order valence-electron chi connectivity index (χ3n) is 5.75. The van der Waals surface area contributed by atoms with Gasteiger partial charge in [-0.1, -0.05) is 11.6 Å². The molecule has 2 heterocycles. The summed E-state index contributed by atoms with van der Waals surface area (Å²) in [7, 11) is 1.52. The van der Waals surface area contributed by atoms with Gasteiger partial charge >= 0.3 is 0 Å². The van der Waals surface area contributed by atoms with Gasteiger partial charge in [-0.25, -0.2) is 14.4 Å². The summed E-state index contributed by atoms with van der Waals surface area (Å²) in [4.78, 5) is 35.2. The number of halogens is 2. The van der Waals surface area contributed by atoms with Crippen molar-refractivity contribution in [1.82, 2.24) is 9.88 Å². The third kappa shape index (κ3) is 3.41. The maximum absolute atomic E-state index is 14.9. The minimum absolute atomic E-state index is 0.00310. The second-order valence-electron chi connectivity index (χ2n) is 8.00. The number of hydrogen-bond donors (Lipinski definition) is 2. The molecule has 2 aromatic rings. The van der Waals surface area contributed by atoms with Gasteiger partial charge in [0, 0.05) is 24.5 Å². The molecule has 0 saturated carbocycles. The summed E-state index contributed by atoms with van der Waals surface area (Å²) in [5, 5.41) is 3.14. The quantitative estimate of drug-likeness (QED) is 0.777. The average Bonchev–Trinajstić information content (AvgIpc) is 2.66. The van der Waals surface area contributed by atoms with E-state index in [9.17, 15) is 14.0 Å². The monoisotopic (exact) mass is 431 g/mol. The molecule has 0 spiro atoms. The van der Waals surface area contributed by atoms with Crippen LogP contribution in [0.3, 0.4) is 0 Å². The molecule has 1 aromatic carbocycles. The van der Waals surface area contributed by atoms with Gasteiger partial charge in [0.2, 0.25) is 5.91 Å². The van der Waals surface area contributed by atoms with E-state index in [-0.39, 0.29) is 23.1 Å². The number of carbonyl (C=O) groups excluding carboxylic acids is 2. The predicted molar refractivity (Wildman–Crippen MR) is 114 cm³/mol. The molecule has 1 aliphatic rings. The van der Waals surface area contributed by atoms with Crippen LogP contribution in [0.2, 0.25) is 5.02 Å². The van der Waals surface area contributed by atoms with Crippen molar-refractivity contribution in [3.63, 3.8) is 0 Å². The molecule has 3 rings (SSSR count). The van der Waals surface area contributed by atoms with Crippen LogP contribution in [-0.4, -0.2) is 34.7 Å². The number of aliphatic imine (C=N–C) groups is 1. The van der Waals surface area contributed by atoms with Gasteiger partial charge in [0.15, 0.2) is 5.96 Å². The van der Waals surface area contributed by atoms with E-state index in [0.29, 0.717) is 16.3 Å². The second kappa shape index (κ2) is 7.36. The summed E-state index contributed by atoms with van der Waals surface area (Å²) in [6, 6.07) is 5.76. The van der Waals surface area contributed by atoms with Crippen LogP contribution in [0.4, 0.5) is 10.1 Å². The molecule has 1 aliphatic heterocycles. The number of hydrogen-bond acceptors (Lipinski definition) is 5. The molecule has 9 heteroatoms. The Bertz CT molecular complexity index is 1090. The van der Waals surface area contributed by atoms with Gasteiger partial charge in [-0.3, -0.25) is 14.5 Å². The van der Waals surface area contributed by atoms with E-state index in [1.165, 1.54) is 36.3 Å². The number of amides is 2. The minimum atomic E-state index is -1.28. The zero-order valence-electron chi connectivity index (χ0n) is 17.4. The van der Waals surface area contributed by atoms with Crippen LogP contribution in [0.5, 0.6) is 0 Å². The SMILES string of the molecule is Cc1cc(Cl)cnc1C(=O)Nc1ccc(F)c(C2(C)N=C(N)N(C)C(=O)C2(C)C)c1. The van der Waals surface area contributed by atoms with Crippen LogP contribution < -0.4 is 11.1 Å². The van der Waals surface area contributed by atoms with Crippen LogP contribution in [0.15, 0.2) is 35.5 Å². The summed E-state index contributed by atoms with van der Waals surface area (Å²) in [5.41, 5.74) is 4.86. The van der Waals surface area contributed by atoms with E-state index in [0.717, 1.165) is 0 Å². The zero-order chi connectivity index (χ0) is 22.4. The Balaban J connectivity index is 2.03. The van der Waals surface area contributed by atoms with Crippen LogP contribution in [0.25, 0.3) is 0 Å². The van der Waals surface area contributed by atoms with E-state index < -0.39 is 22.7 Å². The lowest BCUT2D eigenvalue weighted by Gasteiger charge is -2.46. The molecule has 0 aliphatic carbocycles. The summed E-state index contributed by atoms with van der Waals surface area (Å²) < 4.78 is 14.9. The van der Waals surface area contributed by atoms with Gasteiger partial charge in [-0.05, 0) is 57.5 Å². The number of anilines is 1. The van der Waals surface area contributed by atoms with Gasteiger partial charge in [0.25, 0.3) is 5.91 Å². The molecular weight excluding hydrogens is 409 g/mol. The molecule has 0 fully saturated rings. The number of benzene rings is 1. The number of aryl methyl sites for hydroxylation is 1. The molecule has 0 saturated heterocycles. The Kier molecular flexibility index (Phi) is 5.32.